The zero-order valence-corrected chi connectivity index (χ0v) is 12.1. The van der Waals surface area contributed by atoms with Crippen molar-refractivity contribution in [3.8, 4) is 11.4 Å². The molecule has 5 heteroatoms. The van der Waals surface area contributed by atoms with E-state index >= 15 is 0 Å². The molecule has 3 aromatic rings. The van der Waals surface area contributed by atoms with Crippen LogP contribution in [0.4, 0.5) is 5.69 Å². The summed E-state index contributed by atoms with van der Waals surface area (Å²) in [5, 5.41) is 0.555. The number of imidazole rings is 1. The van der Waals surface area contributed by atoms with Gasteiger partial charge in [0.25, 0.3) is 0 Å². The van der Waals surface area contributed by atoms with Crippen LogP contribution in [0, 0.1) is 0 Å². The monoisotopic (exact) mass is 286 g/mol. The number of hydrogen-bond acceptors (Lipinski definition) is 3. The van der Waals surface area contributed by atoms with Crippen molar-refractivity contribution in [3.63, 3.8) is 0 Å². The maximum Gasteiger partial charge on any atom is 0.160 e. The average Bonchev–Trinajstić information content (AvgIpc) is 2.81. The van der Waals surface area contributed by atoms with E-state index in [4.69, 9.17) is 17.3 Å². The van der Waals surface area contributed by atoms with E-state index in [2.05, 4.69) is 28.4 Å². The van der Waals surface area contributed by atoms with Gasteiger partial charge in [-0.25, -0.2) is 9.97 Å². The first-order valence-corrected chi connectivity index (χ1v) is 6.84. The molecule has 0 radical (unpaired) electrons. The first-order chi connectivity index (χ1) is 9.58. The van der Waals surface area contributed by atoms with Gasteiger partial charge in [-0.3, -0.25) is 0 Å². The van der Waals surface area contributed by atoms with Crippen LogP contribution in [0.1, 0.15) is 19.9 Å². The smallest absolute Gasteiger partial charge is 0.160 e. The highest BCUT2D eigenvalue weighted by Crippen LogP contribution is 2.30. The van der Waals surface area contributed by atoms with Crippen LogP contribution in [-0.2, 0) is 0 Å². The highest BCUT2D eigenvalue weighted by Gasteiger charge is 2.16. The maximum absolute atomic E-state index is 5.98. The van der Waals surface area contributed by atoms with Crippen LogP contribution in [0.3, 0.4) is 0 Å². The van der Waals surface area contributed by atoms with Gasteiger partial charge in [-0.1, -0.05) is 11.6 Å². The summed E-state index contributed by atoms with van der Waals surface area (Å²) in [7, 11) is 0. The Hall–Kier alpha value is -2.07. The van der Waals surface area contributed by atoms with Crippen molar-refractivity contribution in [2.24, 2.45) is 0 Å². The van der Waals surface area contributed by atoms with Gasteiger partial charge in [-0.15, -0.1) is 0 Å². The Labute approximate surface area is 122 Å². The molecule has 102 valence electrons. The molecular formula is C15H15ClN4. The number of rotatable bonds is 2. The molecule has 2 aromatic heterocycles. The minimum absolute atomic E-state index is 0.252. The van der Waals surface area contributed by atoms with Gasteiger partial charge >= 0.3 is 0 Å². The molecule has 0 aliphatic rings. The number of halogens is 1. The van der Waals surface area contributed by atoms with E-state index in [1.165, 1.54) is 0 Å². The lowest BCUT2D eigenvalue weighted by Crippen LogP contribution is -2.04. The molecule has 0 atom stereocenters. The third-order valence-electron chi connectivity index (χ3n) is 3.22. The summed E-state index contributed by atoms with van der Waals surface area (Å²) in [5.74, 6) is 0.858. The molecule has 0 amide bonds. The van der Waals surface area contributed by atoms with E-state index in [9.17, 15) is 0 Å². The van der Waals surface area contributed by atoms with E-state index in [1.807, 2.05) is 24.3 Å². The molecule has 0 bridgehead atoms. The molecule has 4 nitrogen and oxygen atoms in total. The van der Waals surface area contributed by atoms with Crippen LogP contribution < -0.4 is 5.73 Å². The molecule has 0 saturated heterocycles. The number of fused-ring (bicyclic) bond motifs is 1. The Bertz CT molecular complexity index is 777. The van der Waals surface area contributed by atoms with Crippen LogP contribution in [0.2, 0.25) is 5.02 Å². The summed E-state index contributed by atoms with van der Waals surface area (Å²) in [6.07, 6.45) is 1.78. The standard InChI is InChI=1S/C15H15ClN4/c1-9(2)20-14(10-5-6-11(16)12(17)8-10)19-13-4-3-7-18-15(13)20/h3-9H,17H2,1-2H3. The van der Waals surface area contributed by atoms with Gasteiger partial charge in [0, 0.05) is 17.8 Å². The summed E-state index contributed by atoms with van der Waals surface area (Å²) in [6, 6.07) is 9.68. The zero-order valence-electron chi connectivity index (χ0n) is 11.3. The number of hydrogen-bond donors (Lipinski definition) is 1. The number of benzene rings is 1. The third-order valence-corrected chi connectivity index (χ3v) is 3.56. The van der Waals surface area contributed by atoms with Crippen molar-refractivity contribution in [1.29, 1.82) is 0 Å². The molecule has 0 aliphatic carbocycles. The minimum atomic E-state index is 0.252. The predicted molar refractivity (Wildman–Crippen MR) is 82.8 cm³/mol. The van der Waals surface area contributed by atoms with Gasteiger partial charge < -0.3 is 10.3 Å². The van der Waals surface area contributed by atoms with Crippen LogP contribution in [-0.4, -0.2) is 14.5 Å². The second kappa shape index (κ2) is 4.80. The lowest BCUT2D eigenvalue weighted by Gasteiger charge is -2.12. The first-order valence-electron chi connectivity index (χ1n) is 6.46. The molecule has 20 heavy (non-hydrogen) atoms. The molecule has 0 aliphatic heterocycles. The van der Waals surface area contributed by atoms with E-state index in [0.717, 1.165) is 22.6 Å². The molecule has 2 heterocycles. The number of anilines is 1. The summed E-state index contributed by atoms with van der Waals surface area (Å²) < 4.78 is 2.11. The van der Waals surface area contributed by atoms with Gasteiger partial charge in [-0.05, 0) is 44.2 Å². The van der Waals surface area contributed by atoms with Gasteiger partial charge in [-0.2, -0.15) is 0 Å². The Kier molecular flexibility index (Phi) is 3.10. The normalized spacial score (nSPS) is 11.4. The molecule has 0 spiro atoms. The summed E-state index contributed by atoms with van der Waals surface area (Å²) in [5.41, 5.74) is 9.15. The van der Waals surface area contributed by atoms with E-state index in [0.29, 0.717) is 10.7 Å². The molecule has 3 rings (SSSR count). The van der Waals surface area contributed by atoms with Crippen molar-refractivity contribution < 1.29 is 0 Å². The van der Waals surface area contributed by atoms with Crippen molar-refractivity contribution in [2.45, 2.75) is 19.9 Å². The number of pyridine rings is 1. The Morgan fingerprint density at radius 3 is 2.75 bits per heavy atom. The quantitative estimate of drug-likeness (QED) is 0.727. The van der Waals surface area contributed by atoms with Gasteiger partial charge in [0.1, 0.15) is 11.3 Å². The first kappa shape index (κ1) is 12.9. The average molecular weight is 287 g/mol. The zero-order chi connectivity index (χ0) is 14.3. The van der Waals surface area contributed by atoms with Gasteiger partial charge in [0.05, 0.1) is 10.7 Å². The lowest BCUT2D eigenvalue weighted by molar-refractivity contribution is 0.620. The number of nitrogens with zero attached hydrogens (tertiary/aromatic N) is 3. The number of aromatic nitrogens is 3. The highest BCUT2D eigenvalue weighted by molar-refractivity contribution is 6.33. The third kappa shape index (κ3) is 2.02. The molecule has 0 fully saturated rings. The van der Waals surface area contributed by atoms with Gasteiger partial charge in [0.2, 0.25) is 0 Å². The van der Waals surface area contributed by atoms with Crippen LogP contribution in [0.15, 0.2) is 36.5 Å². The van der Waals surface area contributed by atoms with Gasteiger partial charge in [0.15, 0.2) is 5.65 Å². The topological polar surface area (TPSA) is 56.7 Å². The number of nitrogens with two attached hydrogens (primary N) is 1. The summed E-state index contributed by atoms with van der Waals surface area (Å²) >= 11 is 5.98. The molecule has 0 unspecified atom stereocenters. The van der Waals surface area contributed by atoms with Crippen molar-refractivity contribution >= 4 is 28.5 Å². The fourth-order valence-electron chi connectivity index (χ4n) is 2.31. The summed E-state index contributed by atoms with van der Waals surface area (Å²) in [4.78, 5) is 9.11. The fraction of sp³-hybridized carbons (Fsp3) is 0.200. The highest BCUT2D eigenvalue weighted by atomic mass is 35.5. The largest absolute Gasteiger partial charge is 0.398 e. The maximum atomic E-state index is 5.98. The Morgan fingerprint density at radius 2 is 2.05 bits per heavy atom. The van der Waals surface area contributed by atoms with Crippen molar-refractivity contribution in [3.05, 3.63) is 41.6 Å². The lowest BCUT2D eigenvalue weighted by atomic mass is 10.2. The second-order valence-electron chi connectivity index (χ2n) is 4.98. The number of nitrogen functional groups attached to an aromatic ring is 1. The predicted octanol–water partition coefficient (Wildman–Crippen LogP) is 3.91. The molecular weight excluding hydrogens is 272 g/mol. The minimum Gasteiger partial charge on any atom is -0.398 e. The molecule has 1 aromatic carbocycles. The van der Waals surface area contributed by atoms with Crippen LogP contribution in [0.25, 0.3) is 22.6 Å². The van der Waals surface area contributed by atoms with E-state index < -0.39 is 0 Å². The molecule has 2 N–H and O–H groups in total. The van der Waals surface area contributed by atoms with Crippen molar-refractivity contribution in [1.82, 2.24) is 14.5 Å². The fourth-order valence-corrected chi connectivity index (χ4v) is 2.42. The van der Waals surface area contributed by atoms with Crippen LogP contribution in [0.5, 0.6) is 0 Å². The van der Waals surface area contributed by atoms with Crippen molar-refractivity contribution in [2.75, 3.05) is 5.73 Å². The SMILES string of the molecule is CC(C)n1c(-c2ccc(Cl)c(N)c2)nc2cccnc21. The van der Waals surface area contributed by atoms with E-state index in [-0.39, 0.29) is 6.04 Å². The second-order valence-corrected chi connectivity index (χ2v) is 5.39. The van der Waals surface area contributed by atoms with Crippen LogP contribution >= 0.6 is 11.6 Å². The molecule has 0 saturated carbocycles. The van der Waals surface area contributed by atoms with E-state index in [1.54, 1.807) is 12.3 Å². The summed E-state index contributed by atoms with van der Waals surface area (Å²) in [6.45, 7) is 4.22. The Balaban J connectivity index is 2.29. The Morgan fingerprint density at radius 1 is 1.25 bits per heavy atom.